The Bertz CT molecular complexity index is 1340. The van der Waals surface area contributed by atoms with Crippen molar-refractivity contribution < 1.29 is 23.8 Å². The van der Waals surface area contributed by atoms with Crippen molar-refractivity contribution >= 4 is 17.7 Å². The molecule has 1 aliphatic rings. The van der Waals surface area contributed by atoms with Crippen LogP contribution in [-0.4, -0.2) is 74.0 Å². The number of nitrogens with zero attached hydrogens (tertiary/aromatic N) is 2. The number of benzene rings is 1. The van der Waals surface area contributed by atoms with Gasteiger partial charge in [-0.05, 0) is 103 Å². The number of aromatic nitrogens is 1. The van der Waals surface area contributed by atoms with Crippen LogP contribution in [0, 0.1) is 26.7 Å². The Morgan fingerprint density at radius 1 is 1.05 bits per heavy atom. The van der Waals surface area contributed by atoms with E-state index in [4.69, 9.17) is 14.2 Å². The first-order valence-corrected chi connectivity index (χ1v) is 15.7. The van der Waals surface area contributed by atoms with Crippen LogP contribution in [0.4, 0.5) is 10.5 Å². The molecular weight excluding hydrogens is 560 g/mol. The van der Waals surface area contributed by atoms with Crippen molar-refractivity contribution in [2.45, 2.75) is 92.3 Å². The fraction of sp³-hybridized carbons (Fsp3) is 0.618. The molecular formula is C34H52N4O6. The Kier molecular flexibility index (Phi) is 12.3. The van der Waals surface area contributed by atoms with Gasteiger partial charge in [0, 0.05) is 68.4 Å². The van der Waals surface area contributed by atoms with Crippen molar-refractivity contribution in [2.75, 3.05) is 45.4 Å². The highest BCUT2D eigenvalue weighted by molar-refractivity contribution is 5.97. The summed E-state index contributed by atoms with van der Waals surface area (Å²) >= 11 is 0. The van der Waals surface area contributed by atoms with Gasteiger partial charge in [-0.2, -0.15) is 0 Å². The van der Waals surface area contributed by atoms with Crippen LogP contribution in [0.1, 0.15) is 86.1 Å². The van der Waals surface area contributed by atoms with E-state index in [1.165, 1.54) is 0 Å². The maximum absolute atomic E-state index is 13.5. The fourth-order valence-corrected chi connectivity index (χ4v) is 5.84. The number of hydrogen-bond acceptors (Lipinski definition) is 7. The number of methoxy groups -OCH3 is 1. The first-order chi connectivity index (χ1) is 20.7. The Hall–Kier alpha value is -3.53. The van der Waals surface area contributed by atoms with Crippen molar-refractivity contribution in [3.63, 3.8) is 0 Å². The number of hydrogen-bond donors (Lipinski definition) is 2. The van der Waals surface area contributed by atoms with Gasteiger partial charge in [-0.25, -0.2) is 4.79 Å². The van der Waals surface area contributed by atoms with Crippen molar-refractivity contribution in [1.29, 1.82) is 0 Å². The van der Waals surface area contributed by atoms with E-state index in [2.05, 4.69) is 22.1 Å². The number of aromatic amines is 1. The Labute approximate surface area is 262 Å². The molecule has 10 heteroatoms. The minimum atomic E-state index is -0.517. The topological polar surface area (TPSA) is 113 Å². The van der Waals surface area contributed by atoms with Crippen molar-refractivity contribution in [3.05, 3.63) is 56.5 Å². The van der Waals surface area contributed by atoms with Crippen LogP contribution in [-0.2, 0) is 16.0 Å². The number of aryl methyl sites for hydroxylation is 2. The summed E-state index contributed by atoms with van der Waals surface area (Å²) in [4.78, 5) is 45.5. The van der Waals surface area contributed by atoms with E-state index in [1.54, 1.807) is 18.1 Å². The first kappa shape index (κ1) is 35.0. The summed E-state index contributed by atoms with van der Waals surface area (Å²) in [6.07, 6.45) is 3.56. The van der Waals surface area contributed by atoms with Gasteiger partial charge in [-0.15, -0.1) is 0 Å². The predicted octanol–water partition coefficient (Wildman–Crippen LogP) is 5.51. The smallest absolute Gasteiger partial charge is 0.410 e. The molecule has 0 aliphatic heterocycles. The molecule has 2 amide bonds. The van der Waals surface area contributed by atoms with E-state index < -0.39 is 5.60 Å². The number of H-pyrrole nitrogens is 1. The summed E-state index contributed by atoms with van der Waals surface area (Å²) in [5, 5.41) is 2.96. The lowest BCUT2D eigenvalue weighted by atomic mass is 9.85. The summed E-state index contributed by atoms with van der Waals surface area (Å²) in [5.41, 5.74) is 3.77. The molecule has 244 valence electrons. The normalized spacial score (nSPS) is 16.8. The third-order valence-corrected chi connectivity index (χ3v) is 8.32. The van der Waals surface area contributed by atoms with Crippen LogP contribution >= 0.6 is 0 Å². The summed E-state index contributed by atoms with van der Waals surface area (Å²) in [7, 11) is 3.45. The zero-order chi connectivity index (χ0) is 32.6. The Balaban J connectivity index is 1.77. The second-order valence-corrected chi connectivity index (χ2v) is 12.9. The number of ether oxygens (including phenoxy) is 3. The van der Waals surface area contributed by atoms with Crippen LogP contribution in [0.3, 0.4) is 0 Å². The zero-order valence-electron chi connectivity index (χ0n) is 28.1. The quantitative estimate of drug-likeness (QED) is 0.304. The molecule has 10 nitrogen and oxygen atoms in total. The molecule has 0 bridgehead atoms. The van der Waals surface area contributed by atoms with Crippen LogP contribution in [0.5, 0.6) is 5.75 Å². The zero-order valence-corrected chi connectivity index (χ0v) is 28.1. The van der Waals surface area contributed by atoms with Gasteiger partial charge in [0.2, 0.25) is 0 Å². The third-order valence-electron chi connectivity index (χ3n) is 8.32. The van der Waals surface area contributed by atoms with Crippen LogP contribution in [0.2, 0.25) is 0 Å². The van der Waals surface area contributed by atoms with Gasteiger partial charge in [-0.1, -0.05) is 0 Å². The second kappa shape index (κ2) is 15.5. The lowest BCUT2D eigenvalue weighted by Crippen LogP contribution is -2.43. The largest absolute Gasteiger partial charge is 0.491 e. The standard InChI is InChI=1S/C34H52N4O6/c1-10-38(21-25-11-13-26(14-12-25)37(8)33(41)44-34(5,6)7)30-19-27(43-16-15-42-9)18-28(24(30)4)31(39)35-20-29-22(2)17-23(3)36-32(29)40/h17-19,25-26H,10-16,20-21H2,1-9H3,(H,35,39)(H,36,40). The highest BCUT2D eigenvalue weighted by atomic mass is 16.6. The molecule has 0 saturated heterocycles. The average Bonchev–Trinajstić information content (AvgIpc) is 2.95. The Morgan fingerprint density at radius 3 is 2.32 bits per heavy atom. The number of pyridine rings is 1. The third kappa shape index (κ3) is 9.48. The van der Waals surface area contributed by atoms with Crippen molar-refractivity contribution in [2.24, 2.45) is 5.92 Å². The van der Waals surface area contributed by atoms with Gasteiger partial charge in [-0.3, -0.25) is 9.59 Å². The molecule has 0 atom stereocenters. The van der Waals surface area contributed by atoms with E-state index in [0.717, 1.165) is 61.3 Å². The van der Waals surface area contributed by atoms with Crippen LogP contribution in [0.15, 0.2) is 23.0 Å². The maximum atomic E-state index is 13.5. The van der Waals surface area contributed by atoms with Gasteiger partial charge in [0.25, 0.3) is 11.5 Å². The van der Waals surface area contributed by atoms with E-state index >= 15 is 0 Å². The molecule has 0 radical (unpaired) electrons. The van der Waals surface area contributed by atoms with E-state index in [9.17, 15) is 14.4 Å². The SMILES string of the molecule is CCN(CC1CCC(N(C)C(=O)OC(C)(C)C)CC1)c1cc(OCCOC)cc(C(=O)NCc2c(C)cc(C)[nH]c2=O)c1C. The van der Waals surface area contributed by atoms with Gasteiger partial charge in [0.05, 0.1) is 6.61 Å². The highest BCUT2D eigenvalue weighted by Gasteiger charge is 2.30. The number of carbonyl (C=O) groups excluding carboxylic acids is 2. The molecule has 44 heavy (non-hydrogen) atoms. The highest BCUT2D eigenvalue weighted by Crippen LogP contribution is 2.34. The van der Waals surface area contributed by atoms with Gasteiger partial charge >= 0.3 is 6.09 Å². The molecule has 1 fully saturated rings. The molecule has 1 saturated carbocycles. The van der Waals surface area contributed by atoms with Crippen molar-refractivity contribution in [3.8, 4) is 5.75 Å². The van der Waals surface area contributed by atoms with E-state index in [0.29, 0.717) is 36.0 Å². The molecule has 1 aromatic heterocycles. The van der Waals surface area contributed by atoms with Crippen LogP contribution in [0.25, 0.3) is 0 Å². The molecule has 2 aromatic rings. The number of anilines is 1. The maximum Gasteiger partial charge on any atom is 0.410 e. The molecule has 0 unspecified atom stereocenters. The van der Waals surface area contributed by atoms with Crippen molar-refractivity contribution in [1.82, 2.24) is 15.2 Å². The molecule has 1 heterocycles. The van der Waals surface area contributed by atoms with Gasteiger partial charge < -0.3 is 34.3 Å². The summed E-state index contributed by atoms with van der Waals surface area (Å²) < 4.78 is 16.7. The lowest BCUT2D eigenvalue weighted by molar-refractivity contribution is 0.0173. The fourth-order valence-electron chi connectivity index (χ4n) is 5.84. The van der Waals surface area contributed by atoms with E-state index in [-0.39, 0.29) is 30.1 Å². The first-order valence-electron chi connectivity index (χ1n) is 15.7. The second-order valence-electron chi connectivity index (χ2n) is 12.9. The summed E-state index contributed by atoms with van der Waals surface area (Å²) in [6, 6.07) is 5.83. The number of amides is 2. The molecule has 1 aromatic carbocycles. The monoisotopic (exact) mass is 612 g/mol. The minimum absolute atomic E-state index is 0.127. The number of nitrogens with one attached hydrogen (secondary N) is 2. The summed E-state index contributed by atoms with van der Waals surface area (Å²) in [5.74, 6) is 0.782. The molecule has 0 spiro atoms. The number of carbonyl (C=O) groups is 2. The van der Waals surface area contributed by atoms with Gasteiger partial charge in [0.1, 0.15) is 18.0 Å². The molecule has 1 aliphatic carbocycles. The average molecular weight is 613 g/mol. The predicted molar refractivity (Wildman–Crippen MR) is 174 cm³/mol. The number of rotatable bonds is 12. The molecule has 2 N–H and O–H groups in total. The molecule has 3 rings (SSSR count). The lowest BCUT2D eigenvalue weighted by Gasteiger charge is -2.37. The summed E-state index contributed by atoms with van der Waals surface area (Å²) in [6.45, 7) is 16.0. The minimum Gasteiger partial charge on any atom is -0.491 e. The Morgan fingerprint density at radius 2 is 1.73 bits per heavy atom. The van der Waals surface area contributed by atoms with E-state index in [1.807, 2.05) is 60.7 Å². The van der Waals surface area contributed by atoms with Gasteiger partial charge in [0.15, 0.2) is 0 Å². The van der Waals surface area contributed by atoms with Crippen LogP contribution < -0.4 is 20.5 Å².